The van der Waals surface area contributed by atoms with Crippen molar-refractivity contribution in [3.63, 3.8) is 0 Å². The third kappa shape index (κ3) is 5.97. The molecule has 1 aromatic carbocycles. The third-order valence-electron chi connectivity index (χ3n) is 5.16. The number of hydrogen-bond acceptors (Lipinski definition) is 5. The summed E-state index contributed by atoms with van der Waals surface area (Å²) in [5.74, 6) is 0.184. The van der Waals surface area contributed by atoms with Crippen molar-refractivity contribution < 1.29 is 12.8 Å². The molecule has 6 nitrogen and oxygen atoms in total. The van der Waals surface area contributed by atoms with Crippen LogP contribution in [0.3, 0.4) is 0 Å². The lowest BCUT2D eigenvalue weighted by atomic mass is 9.92. The fourth-order valence-electron chi connectivity index (χ4n) is 3.57. The number of nitrogens with one attached hydrogen (secondary N) is 2. The first-order chi connectivity index (χ1) is 13.7. The predicted octanol–water partition coefficient (Wildman–Crippen LogP) is 4.37. The van der Waals surface area contributed by atoms with Crippen molar-refractivity contribution in [2.24, 2.45) is 0 Å². The highest BCUT2D eigenvalue weighted by Gasteiger charge is 2.26. The molecule has 1 aliphatic rings. The van der Waals surface area contributed by atoms with Crippen LogP contribution in [-0.2, 0) is 10.0 Å². The molecule has 0 spiro atoms. The first-order valence-electron chi connectivity index (χ1n) is 9.53. The molecule has 1 heterocycles. The zero-order valence-electron chi connectivity index (χ0n) is 17.2. The molecule has 2 N–H and O–H groups in total. The van der Waals surface area contributed by atoms with Gasteiger partial charge in [-0.05, 0) is 56.4 Å². The summed E-state index contributed by atoms with van der Waals surface area (Å²) in [7, 11) is 0.261. The van der Waals surface area contributed by atoms with E-state index in [4.69, 9.17) is 11.6 Å². The van der Waals surface area contributed by atoms with Crippen molar-refractivity contribution in [2.75, 3.05) is 24.3 Å². The summed E-state index contributed by atoms with van der Waals surface area (Å²) in [5, 5.41) is 3.25. The molecule has 0 unspecified atom stereocenters. The van der Waals surface area contributed by atoms with Crippen molar-refractivity contribution in [1.29, 1.82) is 0 Å². The number of rotatable bonds is 6. The summed E-state index contributed by atoms with van der Waals surface area (Å²) in [6.45, 7) is 2.03. The summed E-state index contributed by atoms with van der Waals surface area (Å²) in [5.41, 5.74) is 2.22. The summed E-state index contributed by atoms with van der Waals surface area (Å²) in [4.78, 5) is 6.48. The Morgan fingerprint density at radius 2 is 1.77 bits per heavy atom. The minimum absolute atomic E-state index is 0. The Balaban J connectivity index is 0.00000320. The van der Waals surface area contributed by atoms with Crippen LogP contribution in [-0.4, -0.2) is 39.6 Å². The lowest BCUT2D eigenvalue weighted by molar-refractivity contribution is 0.387. The van der Waals surface area contributed by atoms with Crippen molar-refractivity contribution in [3.8, 4) is 0 Å². The predicted molar refractivity (Wildman–Crippen MR) is 122 cm³/mol. The Kier molecular flexibility index (Phi) is 8.33. The average Bonchev–Trinajstić information content (AvgIpc) is 2.66. The Bertz CT molecular complexity index is 981. The SMILES string of the molecule is Cc1cnc(N[C@H]2CC[C@@H](NS(=O)(=O)c3ccc(F)c(Cl)c3)CC2)cc1N(C)C.Cl. The quantitative estimate of drug-likeness (QED) is 0.647. The van der Waals surface area contributed by atoms with Crippen LogP contribution in [0.15, 0.2) is 35.4 Å². The van der Waals surface area contributed by atoms with Gasteiger partial charge in [0, 0.05) is 44.1 Å². The van der Waals surface area contributed by atoms with E-state index in [1.807, 2.05) is 33.3 Å². The molecule has 1 aliphatic carbocycles. The van der Waals surface area contributed by atoms with E-state index >= 15 is 0 Å². The molecular formula is C20H27Cl2FN4O2S. The van der Waals surface area contributed by atoms with Gasteiger partial charge in [0.05, 0.1) is 9.92 Å². The lowest BCUT2D eigenvalue weighted by Crippen LogP contribution is -2.40. The van der Waals surface area contributed by atoms with E-state index in [1.165, 1.54) is 6.07 Å². The van der Waals surface area contributed by atoms with Gasteiger partial charge in [-0.1, -0.05) is 11.6 Å². The van der Waals surface area contributed by atoms with E-state index in [-0.39, 0.29) is 34.4 Å². The fourth-order valence-corrected chi connectivity index (χ4v) is 5.15. The Morgan fingerprint density at radius 3 is 2.37 bits per heavy atom. The normalized spacial score (nSPS) is 19.1. The van der Waals surface area contributed by atoms with Crippen LogP contribution in [0.5, 0.6) is 0 Å². The Labute approximate surface area is 188 Å². The maximum absolute atomic E-state index is 13.3. The number of hydrogen-bond donors (Lipinski definition) is 2. The second-order valence-corrected chi connectivity index (χ2v) is 9.76. The molecule has 10 heteroatoms. The van der Waals surface area contributed by atoms with E-state index in [0.29, 0.717) is 12.8 Å². The molecule has 0 radical (unpaired) electrons. The van der Waals surface area contributed by atoms with Crippen LogP contribution in [0.1, 0.15) is 31.2 Å². The molecular weight excluding hydrogens is 450 g/mol. The second kappa shape index (κ2) is 10.1. The van der Waals surface area contributed by atoms with Crippen LogP contribution in [0.2, 0.25) is 5.02 Å². The monoisotopic (exact) mass is 476 g/mol. The van der Waals surface area contributed by atoms with Gasteiger partial charge in [-0.15, -0.1) is 12.4 Å². The van der Waals surface area contributed by atoms with Crippen LogP contribution < -0.4 is 14.9 Å². The second-order valence-electron chi connectivity index (χ2n) is 7.64. The highest BCUT2D eigenvalue weighted by atomic mass is 35.5. The molecule has 0 aliphatic heterocycles. The molecule has 1 aromatic heterocycles. The Hall–Kier alpha value is -1.61. The highest BCUT2D eigenvalue weighted by molar-refractivity contribution is 7.89. The number of aromatic nitrogens is 1. The number of sulfonamides is 1. The molecule has 166 valence electrons. The standard InChI is InChI=1S/C20H26ClFN4O2S.ClH/c1-13-12-23-20(11-19(13)26(2)3)24-14-4-6-15(7-5-14)25-29(27,28)16-8-9-18(22)17(21)10-16;/h8-12,14-15,25H,4-7H2,1-3H3,(H,23,24);1H/t14-,15+;. The van der Waals surface area contributed by atoms with E-state index in [2.05, 4.69) is 19.9 Å². The molecule has 2 aromatic rings. The van der Waals surface area contributed by atoms with Crippen LogP contribution >= 0.6 is 24.0 Å². The number of anilines is 2. The summed E-state index contributed by atoms with van der Waals surface area (Å²) in [6.07, 6.45) is 4.91. The van der Waals surface area contributed by atoms with E-state index in [9.17, 15) is 12.8 Å². The van der Waals surface area contributed by atoms with Gasteiger partial charge in [-0.3, -0.25) is 0 Å². The topological polar surface area (TPSA) is 74.3 Å². The van der Waals surface area contributed by atoms with Crippen molar-refractivity contribution >= 4 is 45.5 Å². The lowest BCUT2D eigenvalue weighted by Gasteiger charge is -2.30. The van der Waals surface area contributed by atoms with Gasteiger partial charge in [-0.25, -0.2) is 22.5 Å². The molecule has 0 amide bonds. The first kappa shape index (κ1) is 24.7. The van der Waals surface area contributed by atoms with Crippen molar-refractivity contribution in [3.05, 3.63) is 46.9 Å². The van der Waals surface area contributed by atoms with E-state index < -0.39 is 15.8 Å². The summed E-state index contributed by atoms with van der Waals surface area (Å²) in [6, 6.07) is 5.53. The smallest absolute Gasteiger partial charge is 0.240 e. The summed E-state index contributed by atoms with van der Waals surface area (Å²) < 4.78 is 41.1. The van der Waals surface area contributed by atoms with Gasteiger partial charge < -0.3 is 10.2 Å². The molecule has 0 bridgehead atoms. The number of aryl methyl sites for hydroxylation is 1. The minimum atomic E-state index is -3.73. The first-order valence-corrected chi connectivity index (χ1v) is 11.4. The van der Waals surface area contributed by atoms with E-state index in [0.717, 1.165) is 42.0 Å². The van der Waals surface area contributed by atoms with Gasteiger partial charge in [-0.2, -0.15) is 0 Å². The molecule has 0 atom stereocenters. The minimum Gasteiger partial charge on any atom is -0.377 e. The fraction of sp³-hybridized carbons (Fsp3) is 0.450. The molecule has 1 fully saturated rings. The molecule has 1 saturated carbocycles. The highest BCUT2D eigenvalue weighted by Crippen LogP contribution is 2.26. The van der Waals surface area contributed by atoms with Gasteiger partial charge in [0.25, 0.3) is 0 Å². The molecule has 3 rings (SSSR count). The zero-order valence-corrected chi connectivity index (χ0v) is 19.5. The van der Waals surface area contributed by atoms with Gasteiger partial charge in [0.2, 0.25) is 10.0 Å². The van der Waals surface area contributed by atoms with Gasteiger partial charge >= 0.3 is 0 Å². The van der Waals surface area contributed by atoms with Crippen LogP contribution in [0.4, 0.5) is 15.9 Å². The van der Waals surface area contributed by atoms with Crippen LogP contribution in [0.25, 0.3) is 0 Å². The third-order valence-corrected chi connectivity index (χ3v) is 6.97. The van der Waals surface area contributed by atoms with Crippen molar-refractivity contribution in [1.82, 2.24) is 9.71 Å². The van der Waals surface area contributed by atoms with E-state index in [1.54, 1.807) is 0 Å². The van der Waals surface area contributed by atoms with Crippen molar-refractivity contribution in [2.45, 2.75) is 49.6 Å². The maximum atomic E-state index is 13.3. The number of nitrogens with zero attached hydrogens (tertiary/aromatic N) is 2. The van der Waals surface area contributed by atoms with Gasteiger partial charge in [0.15, 0.2) is 0 Å². The summed E-state index contributed by atoms with van der Waals surface area (Å²) >= 11 is 5.71. The largest absolute Gasteiger partial charge is 0.377 e. The molecule has 30 heavy (non-hydrogen) atoms. The average molecular weight is 477 g/mol. The van der Waals surface area contributed by atoms with Gasteiger partial charge in [0.1, 0.15) is 11.6 Å². The number of halogens is 3. The number of benzene rings is 1. The van der Waals surface area contributed by atoms with Crippen LogP contribution in [0, 0.1) is 12.7 Å². The maximum Gasteiger partial charge on any atom is 0.240 e. The molecule has 0 saturated heterocycles. The Morgan fingerprint density at radius 1 is 1.13 bits per heavy atom. The number of pyridine rings is 1. The zero-order chi connectivity index (χ0) is 21.2.